The topological polar surface area (TPSA) is 43.9 Å². The van der Waals surface area contributed by atoms with Crippen LogP contribution in [0.15, 0.2) is 30.0 Å². The van der Waals surface area contributed by atoms with Gasteiger partial charge >= 0.3 is 0 Å². The van der Waals surface area contributed by atoms with Gasteiger partial charge in [-0.1, -0.05) is 32.9 Å². The number of imide groups is 1. The van der Waals surface area contributed by atoms with Gasteiger partial charge in [-0.2, -0.15) is 0 Å². The van der Waals surface area contributed by atoms with E-state index >= 15 is 0 Å². The predicted molar refractivity (Wildman–Crippen MR) is 98.6 cm³/mol. The molecule has 0 bridgehead atoms. The molecule has 26 heavy (non-hydrogen) atoms. The maximum absolute atomic E-state index is 13.3. The van der Waals surface area contributed by atoms with Crippen LogP contribution < -0.4 is 0 Å². The smallest absolute Gasteiger partial charge is 0.277 e. The molecule has 140 valence electrons. The van der Waals surface area contributed by atoms with Crippen LogP contribution in [-0.2, 0) is 9.59 Å². The Labute approximate surface area is 154 Å². The van der Waals surface area contributed by atoms with Crippen molar-refractivity contribution < 1.29 is 14.0 Å². The maximum atomic E-state index is 13.3. The number of hydrogen-bond acceptors (Lipinski definition) is 4. The number of nitrogens with zero attached hydrogens (tertiary/aromatic N) is 3. The normalized spacial score (nSPS) is 19.3. The van der Waals surface area contributed by atoms with Crippen LogP contribution >= 0.6 is 0 Å². The highest BCUT2D eigenvalue weighted by Crippen LogP contribution is 2.32. The molecule has 0 saturated carbocycles. The Morgan fingerprint density at radius 2 is 1.62 bits per heavy atom. The fourth-order valence-corrected chi connectivity index (χ4v) is 3.55. The van der Waals surface area contributed by atoms with Crippen molar-refractivity contribution >= 4 is 17.4 Å². The van der Waals surface area contributed by atoms with E-state index in [1.807, 2.05) is 18.7 Å². The molecule has 1 aromatic carbocycles. The van der Waals surface area contributed by atoms with Gasteiger partial charge in [0.2, 0.25) is 0 Å². The molecule has 5 nitrogen and oxygen atoms in total. The molecule has 1 saturated heterocycles. The molecule has 0 N–H and O–H groups in total. The molecular weight excluding hydrogens is 333 g/mol. The number of amides is 2. The second-order valence-electron chi connectivity index (χ2n) is 7.27. The number of hydrogen-bond donors (Lipinski definition) is 0. The van der Waals surface area contributed by atoms with E-state index in [-0.39, 0.29) is 23.5 Å². The molecule has 1 fully saturated rings. The number of piperazine rings is 1. The molecule has 0 aromatic heterocycles. The summed E-state index contributed by atoms with van der Waals surface area (Å²) in [6, 6.07) is 5.82. The molecule has 6 heteroatoms. The average molecular weight is 359 g/mol. The van der Waals surface area contributed by atoms with Crippen LogP contribution in [0.25, 0.3) is 5.57 Å². The summed E-state index contributed by atoms with van der Waals surface area (Å²) >= 11 is 0. The minimum atomic E-state index is -0.358. The molecular formula is C20H26FN3O2. The zero-order valence-corrected chi connectivity index (χ0v) is 15.7. The Kier molecular flexibility index (Phi) is 5.41. The molecule has 0 unspecified atom stereocenters. The minimum Gasteiger partial charge on any atom is -0.364 e. The van der Waals surface area contributed by atoms with E-state index in [9.17, 15) is 14.0 Å². The van der Waals surface area contributed by atoms with Crippen molar-refractivity contribution in [3.63, 3.8) is 0 Å². The summed E-state index contributed by atoms with van der Waals surface area (Å²) in [6.45, 7) is 10.6. The molecule has 1 aromatic rings. The van der Waals surface area contributed by atoms with Gasteiger partial charge < -0.3 is 9.80 Å². The van der Waals surface area contributed by atoms with Crippen LogP contribution in [0.2, 0.25) is 0 Å². The third kappa shape index (κ3) is 3.51. The molecule has 2 aliphatic heterocycles. The van der Waals surface area contributed by atoms with Crippen molar-refractivity contribution in [1.82, 2.24) is 14.7 Å². The number of carbonyl (C=O) groups excluding carboxylic acids is 2. The van der Waals surface area contributed by atoms with Crippen molar-refractivity contribution in [1.29, 1.82) is 0 Å². The van der Waals surface area contributed by atoms with E-state index in [1.165, 1.54) is 17.0 Å². The van der Waals surface area contributed by atoms with Crippen LogP contribution in [0.5, 0.6) is 0 Å². The Hall–Kier alpha value is -2.21. The van der Waals surface area contributed by atoms with Gasteiger partial charge in [-0.3, -0.25) is 14.5 Å². The number of likely N-dealkylation sites (N-methyl/N-ethyl adjacent to an activating group) is 1. The van der Waals surface area contributed by atoms with Crippen molar-refractivity contribution in [3.05, 3.63) is 41.3 Å². The first-order valence-corrected chi connectivity index (χ1v) is 9.26. The van der Waals surface area contributed by atoms with E-state index in [0.29, 0.717) is 36.5 Å². The Morgan fingerprint density at radius 3 is 2.15 bits per heavy atom. The van der Waals surface area contributed by atoms with Crippen molar-refractivity contribution in [2.24, 2.45) is 5.92 Å². The van der Waals surface area contributed by atoms with Gasteiger partial charge in [-0.15, -0.1) is 0 Å². The van der Waals surface area contributed by atoms with Crippen LogP contribution in [0.3, 0.4) is 0 Å². The number of rotatable bonds is 5. The highest BCUT2D eigenvalue weighted by atomic mass is 19.1. The van der Waals surface area contributed by atoms with Crippen molar-refractivity contribution in [2.45, 2.75) is 20.8 Å². The molecule has 2 amide bonds. The Bertz CT molecular complexity index is 719. The Morgan fingerprint density at radius 1 is 1.00 bits per heavy atom. The van der Waals surface area contributed by atoms with Crippen LogP contribution in [0.4, 0.5) is 4.39 Å². The molecule has 0 aliphatic carbocycles. The van der Waals surface area contributed by atoms with Crippen molar-refractivity contribution in [2.75, 3.05) is 39.3 Å². The molecule has 2 aliphatic rings. The van der Waals surface area contributed by atoms with E-state index in [0.717, 1.165) is 19.6 Å². The first-order chi connectivity index (χ1) is 12.4. The largest absolute Gasteiger partial charge is 0.364 e. The second kappa shape index (κ2) is 7.58. The quantitative estimate of drug-likeness (QED) is 0.756. The van der Waals surface area contributed by atoms with Gasteiger partial charge in [-0.05, 0) is 30.2 Å². The maximum Gasteiger partial charge on any atom is 0.277 e. The first-order valence-electron chi connectivity index (χ1n) is 9.26. The van der Waals surface area contributed by atoms with E-state index in [1.54, 1.807) is 12.1 Å². The van der Waals surface area contributed by atoms with Crippen LogP contribution in [0.1, 0.15) is 26.3 Å². The third-order valence-electron chi connectivity index (χ3n) is 4.96. The summed E-state index contributed by atoms with van der Waals surface area (Å²) in [6.07, 6.45) is 0. The summed E-state index contributed by atoms with van der Waals surface area (Å²) < 4.78 is 13.3. The third-order valence-corrected chi connectivity index (χ3v) is 4.96. The molecule has 0 radical (unpaired) electrons. The fraction of sp³-hybridized carbons (Fsp3) is 0.500. The van der Waals surface area contributed by atoms with Gasteiger partial charge in [0.05, 0.1) is 5.57 Å². The van der Waals surface area contributed by atoms with E-state index in [2.05, 4.69) is 11.8 Å². The number of halogens is 1. The van der Waals surface area contributed by atoms with E-state index < -0.39 is 0 Å². The highest BCUT2D eigenvalue weighted by Gasteiger charge is 2.42. The lowest BCUT2D eigenvalue weighted by molar-refractivity contribution is -0.138. The minimum absolute atomic E-state index is 0.189. The lowest BCUT2D eigenvalue weighted by Crippen LogP contribution is -2.47. The summed E-state index contributed by atoms with van der Waals surface area (Å²) in [5, 5.41) is 0. The standard InChI is InChI=1S/C20H26FN3O2/c1-4-22-9-11-23(12-10-22)18-17(15-5-7-16(21)8-6-15)19(25)24(20(18)26)13-14(2)3/h5-8,14H,4,9-13H2,1-3H3. The van der Waals surface area contributed by atoms with Gasteiger partial charge in [0.1, 0.15) is 11.5 Å². The summed E-state index contributed by atoms with van der Waals surface area (Å²) in [7, 11) is 0. The first kappa shape index (κ1) is 18.6. The second-order valence-corrected chi connectivity index (χ2v) is 7.27. The fourth-order valence-electron chi connectivity index (χ4n) is 3.55. The number of benzene rings is 1. The summed E-state index contributed by atoms with van der Waals surface area (Å²) in [5.41, 5.74) is 1.47. The van der Waals surface area contributed by atoms with E-state index in [4.69, 9.17) is 0 Å². The van der Waals surface area contributed by atoms with Crippen LogP contribution in [0, 0.1) is 11.7 Å². The van der Waals surface area contributed by atoms with Crippen LogP contribution in [-0.4, -0.2) is 65.8 Å². The SMILES string of the molecule is CCN1CCN(C2=C(c3ccc(F)cc3)C(=O)N(CC(C)C)C2=O)CC1. The average Bonchev–Trinajstić information content (AvgIpc) is 2.87. The zero-order valence-electron chi connectivity index (χ0n) is 15.7. The zero-order chi connectivity index (χ0) is 18.8. The van der Waals surface area contributed by atoms with Gasteiger partial charge in [0.15, 0.2) is 0 Å². The molecule has 0 spiro atoms. The number of carbonyl (C=O) groups is 2. The van der Waals surface area contributed by atoms with Gasteiger partial charge in [0.25, 0.3) is 11.8 Å². The molecule has 2 heterocycles. The van der Waals surface area contributed by atoms with Gasteiger partial charge in [0, 0.05) is 32.7 Å². The monoisotopic (exact) mass is 359 g/mol. The lowest BCUT2D eigenvalue weighted by atomic mass is 10.0. The predicted octanol–water partition coefficient (Wildman–Crippen LogP) is 2.20. The Balaban J connectivity index is 1.99. The lowest BCUT2D eigenvalue weighted by Gasteiger charge is -2.36. The van der Waals surface area contributed by atoms with Gasteiger partial charge in [-0.25, -0.2) is 4.39 Å². The summed E-state index contributed by atoms with van der Waals surface area (Å²) in [4.78, 5) is 31.8. The summed E-state index contributed by atoms with van der Waals surface area (Å²) in [5.74, 6) is -0.673. The molecule has 3 rings (SSSR count). The molecule has 0 atom stereocenters. The highest BCUT2D eigenvalue weighted by molar-refractivity contribution is 6.35. The van der Waals surface area contributed by atoms with Crippen molar-refractivity contribution in [3.8, 4) is 0 Å².